The van der Waals surface area contributed by atoms with Gasteiger partial charge in [-0.3, -0.25) is 4.79 Å². The van der Waals surface area contributed by atoms with Gasteiger partial charge in [-0.2, -0.15) is 0 Å². The van der Waals surface area contributed by atoms with E-state index in [1.807, 2.05) is 30.3 Å². The molecule has 1 fully saturated rings. The summed E-state index contributed by atoms with van der Waals surface area (Å²) in [7, 11) is 0. The first-order valence-corrected chi connectivity index (χ1v) is 8.47. The molecule has 1 aromatic carbocycles. The van der Waals surface area contributed by atoms with Crippen LogP contribution in [-0.4, -0.2) is 5.78 Å². The Bertz CT molecular complexity index is 370. The number of benzene rings is 1. The summed E-state index contributed by atoms with van der Waals surface area (Å²) in [5.41, 5.74) is 0.907. The molecule has 0 atom stereocenters. The minimum atomic E-state index is 0.261. The molecule has 0 spiro atoms. The van der Waals surface area contributed by atoms with E-state index in [-0.39, 0.29) is 5.92 Å². The Balaban J connectivity index is 1.93. The lowest BCUT2D eigenvalue weighted by molar-refractivity contribution is 0.0901. The Hall–Kier alpha value is -1.11. The molecule has 0 aromatic heterocycles. The van der Waals surface area contributed by atoms with Crippen molar-refractivity contribution in [2.24, 2.45) is 5.92 Å². The van der Waals surface area contributed by atoms with E-state index < -0.39 is 0 Å². The van der Waals surface area contributed by atoms with E-state index in [4.69, 9.17) is 0 Å². The number of carbonyl (C=O) groups excluding carboxylic acids is 1. The summed E-state index contributed by atoms with van der Waals surface area (Å²) in [4.78, 5) is 12.6. The van der Waals surface area contributed by atoms with Crippen LogP contribution in [0.25, 0.3) is 0 Å². The van der Waals surface area contributed by atoms with Crippen molar-refractivity contribution >= 4 is 5.78 Å². The minimum Gasteiger partial charge on any atom is -0.294 e. The van der Waals surface area contributed by atoms with Crippen molar-refractivity contribution in [2.75, 3.05) is 0 Å². The van der Waals surface area contributed by atoms with E-state index in [9.17, 15) is 4.79 Å². The van der Waals surface area contributed by atoms with Gasteiger partial charge in [0.15, 0.2) is 5.78 Å². The smallest absolute Gasteiger partial charge is 0.165 e. The molecule has 1 aliphatic rings. The van der Waals surface area contributed by atoms with E-state index in [1.54, 1.807) is 0 Å². The summed E-state index contributed by atoms with van der Waals surface area (Å²) in [6.45, 7) is 0. The van der Waals surface area contributed by atoms with Crippen molar-refractivity contribution in [1.29, 1.82) is 0 Å². The van der Waals surface area contributed by atoms with Crippen LogP contribution in [0.4, 0.5) is 0 Å². The van der Waals surface area contributed by atoms with Crippen molar-refractivity contribution in [3.8, 4) is 0 Å². The molecule has 0 unspecified atom stereocenters. The molecule has 0 heterocycles. The van der Waals surface area contributed by atoms with E-state index >= 15 is 0 Å². The first-order valence-electron chi connectivity index (χ1n) is 8.47. The van der Waals surface area contributed by atoms with Crippen LogP contribution in [0.2, 0.25) is 0 Å². The topological polar surface area (TPSA) is 17.1 Å². The van der Waals surface area contributed by atoms with Gasteiger partial charge < -0.3 is 0 Å². The molecule has 0 N–H and O–H groups in total. The summed E-state index contributed by atoms with van der Waals surface area (Å²) in [5.74, 6) is 0.638. The second-order valence-electron chi connectivity index (χ2n) is 6.19. The van der Waals surface area contributed by atoms with Crippen molar-refractivity contribution in [1.82, 2.24) is 0 Å². The zero-order valence-electron chi connectivity index (χ0n) is 12.7. The van der Waals surface area contributed by atoms with E-state index in [1.165, 1.54) is 57.8 Å². The summed E-state index contributed by atoms with van der Waals surface area (Å²) < 4.78 is 0. The molecule has 0 radical (unpaired) electrons. The van der Waals surface area contributed by atoms with Gasteiger partial charge in [-0.25, -0.2) is 0 Å². The summed E-state index contributed by atoms with van der Waals surface area (Å²) in [6, 6.07) is 9.87. The van der Waals surface area contributed by atoms with Crippen LogP contribution >= 0.6 is 0 Å². The van der Waals surface area contributed by atoms with Crippen LogP contribution in [0, 0.1) is 5.92 Å². The molecular formula is C19H28O. The molecule has 0 amide bonds. The largest absolute Gasteiger partial charge is 0.294 e. The van der Waals surface area contributed by atoms with Gasteiger partial charge in [0.05, 0.1) is 0 Å². The molecule has 2 rings (SSSR count). The first kappa shape index (κ1) is 15.3. The molecule has 1 aromatic rings. The average Bonchev–Trinajstić information content (AvgIpc) is 2.48. The summed E-state index contributed by atoms with van der Waals surface area (Å²) >= 11 is 0. The molecule has 1 saturated carbocycles. The highest BCUT2D eigenvalue weighted by Gasteiger charge is 2.19. The third-order valence-corrected chi connectivity index (χ3v) is 4.53. The fraction of sp³-hybridized carbons (Fsp3) is 0.632. The summed E-state index contributed by atoms with van der Waals surface area (Å²) in [6.07, 6.45) is 14.1. The number of rotatable bonds is 2. The number of Topliss-reactive ketones (excluding diaryl/α,β-unsaturated/α-hetero) is 1. The number of hydrogen-bond donors (Lipinski definition) is 0. The van der Waals surface area contributed by atoms with Gasteiger partial charge in [0.2, 0.25) is 0 Å². The van der Waals surface area contributed by atoms with Crippen LogP contribution in [-0.2, 0) is 0 Å². The van der Waals surface area contributed by atoms with Crippen molar-refractivity contribution in [3.63, 3.8) is 0 Å². The van der Waals surface area contributed by atoms with Gasteiger partial charge in [-0.05, 0) is 12.8 Å². The van der Waals surface area contributed by atoms with Gasteiger partial charge >= 0.3 is 0 Å². The normalized spacial score (nSPS) is 19.8. The lowest BCUT2D eigenvalue weighted by Gasteiger charge is -2.17. The maximum absolute atomic E-state index is 12.6. The molecule has 1 aliphatic carbocycles. The molecule has 0 bridgehead atoms. The lowest BCUT2D eigenvalue weighted by atomic mass is 9.87. The van der Waals surface area contributed by atoms with Crippen LogP contribution in [0.3, 0.4) is 0 Å². The quantitative estimate of drug-likeness (QED) is 0.623. The van der Waals surface area contributed by atoms with Crippen LogP contribution in [0.1, 0.15) is 81.0 Å². The SMILES string of the molecule is O=C(c1ccccc1)C1CCCCCCCCCCC1. The Labute approximate surface area is 123 Å². The predicted molar refractivity (Wildman–Crippen MR) is 85.0 cm³/mol. The van der Waals surface area contributed by atoms with E-state index in [2.05, 4.69) is 0 Å². The number of carbonyl (C=O) groups is 1. The molecule has 110 valence electrons. The molecule has 20 heavy (non-hydrogen) atoms. The Morgan fingerprint density at radius 1 is 0.700 bits per heavy atom. The molecular weight excluding hydrogens is 244 g/mol. The van der Waals surface area contributed by atoms with Crippen LogP contribution < -0.4 is 0 Å². The highest BCUT2D eigenvalue weighted by atomic mass is 16.1. The van der Waals surface area contributed by atoms with Gasteiger partial charge in [-0.1, -0.05) is 88.1 Å². The average molecular weight is 272 g/mol. The number of hydrogen-bond acceptors (Lipinski definition) is 1. The zero-order valence-corrected chi connectivity index (χ0v) is 12.7. The predicted octanol–water partition coefficient (Wildman–Crippen LogP) is 5.79. The standard InChI is InChI=1S/C19H28O/c20-19(18-15-11-8-12-16-18)17-13-9-6-4-2-1-3-5-7-10-14-17/h8,11-12,15-17H,1-7,9-10,13-14H2. The van der Waals surface area contributed by atoms with Crippen LogP contribution in [0.5, 0.6) is 0 Å². The van der Waals surface area contributed by atoms with Gasteiger partial charge in [0, 0.05) is 11.5 Å². The molecule has 0 saturated heterocycles. The molecule has 0 aliphatic heterocycles. The maximum atomic E-state index is 12.6. The Kier molecular flexibility index (Phi) is 6.83. The highest BCUT2D eigenvalue weighted by molar-refractivity contribution is 5.97. The van der Waals surface area contributed by atoms with E-state index in [0.717, 1.165) is 18.4 Å². The minimum absolute atomic E-state index is 0.261. The van der Waals surface area contributed by atoms with Crippen molar-refractivity contribution in [2.45, 2.75) is 70.6 Å². The lowest BCUT2D eigenvalue weighted by Crippen LogP contribution is -2.15. The van der Waals surface area contributed by atoms with Crippen LogP contribution in [0.15, 0.2) is 30.3 Å². The zero-order chi connectivity index (χ0) is 14.0. The molecule has 1 heteroatoms. The van der Waals surface area contributed by atoms with Crippen molar-refractivity contribution in [3.05, 3.63) is 35.9 Å². The molecule has 1 nitrogen and oxygen atoms in total. The summed E-state index contributed by atoms with van der Waals surface area (Å²) in [5, 5.41) is 0. The van der Waals surface area contributed by atoms with Gasteiger partial charge in [-0.15, -0.1) is 0 Å². The fourth-order valence-electron chi connectivity index (χ4n) is 3.26. The van der Waals surface area contributed by atoms with Gasteiger partial charge in [0.1, 0.15) is 0 Å². The first-order chi connectivity index (χ1) is 9.88. The third kappa shape index (κ3) is 5.11. The van der Waals surface area contributed by atoms with E-state index in [0.29, 0.717) is 5.78 Å². The highest BCUT2D eigenvalue weighted by Crippen LogP contribution is 2.24. The third-order valence-electron chi connectivity index (χ3n) is 4.53. The second-order valence-corrected chi connectivity index (χ2v) is 6.19. The van der Waals surface area contributed by atoms with Crippen molar-refractivity contribution < 1.29 is 4.79 Å². The monoisotopic (exact) mass is 272 g/mol. The Morgan fingerprint density at radius 3 is 1.65 bits per heavy atom. The fourth-order valence-corrected chi connectivity index (χ4v) is 3.26. The Morgan fingerprint density at radius 2 is 1.15 bits per heavy atom. The second kappa shape index (κ2) is 8.94. The maximum Gasteiger partial charge on any atom is 0.165 e. The van der Waals surface area contributed by atoms with Gasteiger partial charge in [0.25, 0.3) is 0 Å². The number of ketones is 1.